The summed E-state index contributed by atoms with van der Waals surface area (Å²) in [6.07, 6.45) is -0.135. The topological polar surface area (TPSA) is 9.23 Å². The monoisotopic (exact) mass is 727 g/mol. The molecule has 0 bridgehead atoms. The second-order valence-corrected chi connectivity index (χ2v) is 54.7. The maximum absolute atomic E-state index is 6.68. The highest BCUT2D eigenvalue weighted by Gasteiger charge is 2.47. The number of benzene rings is 2. The van der Waals surface area contributed by atoms with Crippen LogP contribution in [0, 0.1) is 20.8 Å². The fourth-order valence-corrected chi connectivity index (χ4v) is 48.7. The van der Waals surface area contributed by atoms with Gasteiger partial charge in [0.2, 0.25) is 10.5 Å². The van der Waals surface area contributed by atoms with Crippen molar-refractivity contribution in [2.75, 3.05) is 0 Å². The molecule has 2 aromatic rings. The molecule has 0 saturated carbocycles. The first-order valence-electron chi connectivity index (χ1n) is 17.4. The van der Waals surface area contributed by atoms with Crippen molar-refractivity contribution in [2.45, 2.75) is 160 Å². The van der Waals surface area contributed by atoms with E-state index in [0.29, 0.717) is 15.5 Å². The van der Waals surface area contributed by atoms with Crippen molar-refractivity contribution in [1.29, 1.82) is 0 Å². The van der Waals surface area contributed by atoms with Crippen LogP contribution in [0.2, 0.25) is 118 Å². The van der Waals surface area contributed by atoms with Gasteiger partial charge in [0.1, 0.15) is 0 Å². The summed E-state index contributed by atoms with van der Waals surface area (Å²) in [5, 5.41) is 1.96. The molecule has 0 aliphatic rings. The zero-order chi connectivity index (χ0) is 35.5. The number of hydrogen-bond donors (Lipinski definition) is 0. The third-order valence-electron chi connectivity index (χ3n) is 9.80. The SMILES string of the molecule is Cc1cc(C)c(C(O[Si])c2c(C([Si](C)(C)C)[Si](C)(C)C)cc(C([Si](C)(C)C)[Si](C)(C)C)cc2C([Si](C)(C)C)[Si](C)(C)C)c(C)c1. The molecular weight excluding hydrogens is 657 g/mol. The van der Waals surface area contributed by atoms with Crippen LogP contribution < -0.4 is 0 Å². The molecule has 0 saturated heterocycles. The van der Waals surface area contributed by atoms with Crippen LogP contribution in [-0.2, 0) is 4.43 Å². The minimum atomic E-state index is -1.65. The minimum absolute atomic E-state index is 0.135. The highest BCUT2D eigenvalue weighted by molar-refractivity contribution is 6.97. The summed E-state index contributed by atoms with van der Waals surface area (Å²) in [4.78, 5) is 0. The van der Waals surface area contributed by atoms with E-state index in [1.54, 1.807) is 16.7 Å². The third kappa shape index (κ3) is 9.54. The van der Waals surface area contributed by atoms with Gasteiger partial charge in [-0.3, -0.25) is 0 Å². The Bertz CT molecular complexity index is 1220. The molecule has 0 N–H and O–H groups in total. The normalized spacial score (nSPS) is 15.0. The Balaban J connectivity index is 3.50. The zero-order valence-corrected chi connectivity index (χ0v) is 40.5. The first kappa shape index (κ1) is 41.1. The van der Waals surface area contributed by atoms with E-state index >= 15 is 0 Å². The lowest BCUT2D eigenvalue weighted by molar-refractivity contribution is 0.268. The Morgan fingerprint density at radius 2 is 0.733 bits per heavy atom. The average Bonchev–Trinajstić information content (AvgIpc) is 2.70. The Labute approximate surface area is 290 Å². The fourth-order valence-electron chi connectivity index (χ4n) is 10.3. The van der Waals surface area contributed by atoms with Crippen LogP contribution in [0.1, 0.15) is 66.1 Å². The lowest BCUT2D eigenvalue weighted by Gasteiger charge is -2.47. The quantitative estimate of drug-likeness (QED) is 0.198. The van der Waals surface area contributed by atoms with Gasteiger partial charge in [-0.25, -0.2) is 0 Å². The maximum Gasteiger partial charge on any atom is 0.247 e. The van der Waals surface area contributed by atoms with Gasteiger partial charge in [0.05, 0.1) is 6.10 Å². The molecule has 0 heterocycles. The van der Waals surface area contributed by atoms with Gasteiger partial charge in [0, 0.05) is 48.4 Å². The van der Waals surface area contributed by atoms with E-state index in [0.717, 1.165) is 0 Å². The molecule has 3 radical (unpaired) electrons. The number of aryl methyl sites for hydroxylation is 3. The van der Waals surface area contributed by atoms with E-state index in [-0.39, 0.29) is 6.10 Å². The molecule has 45 heavy (non-hydrogen) atoms. The molecule has 0 aliphatic carbocycles. The van der Waals surface area contributed by atoms with E-state index in [1.807, 2.05) is 0 Å². The predicted molar refractivity (Wildman–Crippen MR) is 224 cm³/mol. The molecular formula is C37H71OSi7. The molecule has 2 aromatic carbocycles. The first-order chi connectivity index (χ1) is 19.8. The summed E-state index contributed by atoms with van der Waals surface area (Å²) in [6.45, 7) is 54.3. The molecule has 0 spiro atoms. The second-order valence-electron chi connectivity index (χ2n) is 20.9. The van der Waals surface area contributed by atoms with Crippen LogP contribution in [0.25, 0.3) is 0 Å². The van der Waals surface area contributed by atoms with Gasteiger partial charge in [-0.2, -0.15) is 0 Å². The molecule has 8 heteroatoms. The Morgan fingerprint density at radius 1 is 0.444 bits per heavy atom. The number of hydrogen-bond acceptors (Lipinski definition) is 1. The smallest absolute Gasteiger partial charge is 0.247 e. The predicted octanol–water partition coefficient (Wildman–Crippen LogP) is 12.3. The fraction of sp³-hybridized carbons (Fsp3) is 0.676. The van der Waals surface area contributed by atoms with Crippen molar-refractivity contribution in [3.63, 3.8) is 0 Å². The highest BCUT2D eigenvalue weighted by Crippen LogP contribution is 2.50. The molecule has 0 fully saturated rings. The van der Waals surface area contributed by atoms with Crippen molar-refractivity contribution in [2.24, 2.45) is 0 Å². The molecule has 1 atom stereocenters. The van der Waals surface area contributed by atoms with Crippen LogP contribution in [0.15, 0.2) is 24.3 Å². The van der Waals surface area contributed by atoms with Crippen LogP contribution in [0.4, 0.5) is 0 Å². The Hall–Kier alpha value is -0.0818. The van der Waals surface area contributed by atoms with Crippen molar-refractivity contribution in [1.82, 2.24) is 0 Å². The Kier molecular flexibility index (Phi) is 12.5. The van der Waals surface area contributed by atoms with Gasteiger partial charge in [0.15, 0.2) is 0 Å². The largest absolute Gasteiger partial charge is 0.408 e. The summed E-state index contributed by atoms with van der Waals surface area (Å²) in [5.74, 6) is 0. The van der Waals surface area contributed by atoms with Crippen molar-refractivity contribution >= 4 is 58.9 Å². The molecule has 1 unspecified atom stereocenters. The summed E-state index contributed by atoms with van der Waals surface area (Å²) in [6, 6.07) is 10.3. The Morgan fingerprint density at radius 3 is 0.978 bits per heavy atom. The molecule has 0 aliphatic heterocycles. The molecule has 0 aromatic heterocycles. The van der Waals surface area contributed by atoms with E-state index in [2.05, 4.69) is 173 Å². The molecule has 1 nitrogen and oxygen atoms in total. The summed E-state index contributed by atoms with van der Waals surface area (Å²) in [5.41, 5.74) is 11.9. The molecule has 2 rings (SSSR count). The van der Waals surface area contributed by atoms with Gasteiger partial charge >= 0.3 is 0 Å². The van der Waals surface area contributed by atoms with Gasteiger partial charge in [0.25, 0.3) is 0 Å². The van der Waals surface area contributed by atoms with E-state index in [1.165, 1.54) is 27.8 Å². The summed E-state index contributed by atoms with van der Waals surface area (Å²) < 4.78 is 6.68. The van der Waals surface area contributed by atoms with Crippen LogP contribution in [-0.4, -0.2) is 58.9 Å². The number of rotatable bonds is 12. The molecule has 0 amide bonds. The second kappa shape index (κ2) is 13.7. The van der Waals surface area contributed by atoms with Crippen molar-refractivity contribution in [3.05, 3.63) is 68.8 Å². The minimum Gasteiger partial charge on any atom is -0.408 e. The summed E-state index contributed by atoms with van der Waals surface area (Å²) >= 11 is 0. The van der Waals surface area contributed by atoms with Gasteiger partial charge in [-0.15, -0.1) is 0 Å². The lowest BCUT2D eigenvalue weighted by Crippen LogP contribution is -2.50. The summed E-state index contributed by atoms with van der Waals surface area (Å²) in [7, 11) is -5.91. The van der Waals surface area contributed by atoms with Gasteiger partial charge in [-0.1, -0.05) is 148 Å². The first-order valence-corrected chi connectivity index (χ1v) is 39.3. The van der Waals surface area contributed by atoms with E-state index < -0.39 is 48.4 Å². The van der Waals surface area contributed by atoms with E-state index in [4.69, 9.17) is 4.43 Å². The van der Waals surface area contributed by atoms with Crippen LogP contribution in [0.3, 0.4) is 0 Å². The molecule has 253 valence electrons. The zero-order valence-electron chi connectivity index (χ0n) is 33.5. The van der Waals surface area contributed by atoms with Gasteiger partial charge in [-0.05, 0) is 75.2 Å². The van der Waals surface area contributed by atoms with E-state index in [9.17, 15) is 0 Å². The van der Waals surface area contributed by atoms with Crippen LogP contribution >= 0.6 is 0 Å². The highest BCUT2D eigenvalue weighted by atomic mass is 28.4. The third-order valence-corrected chi connectivity index (χ3v) is 37.9. The standard InChI is InChI=1S/C37H71OSi7/c1-26-22-27(2)32(28(3)23-26)34(38-39)33-30(36(42(10,11)12)43(13,14)15)24-29(35(40(4,5)6)41(7,8)9)25-31(33)37(44(16,17)18)45(19,20)21/h22-25,34-37H,1-21H3. The van der Waals surface area contributed by atoms with Crippen molar-refractivity contribution < 1.29 is 4.43 Å². The maximum atomic E-state index is 6.68. The lowest BCUT2D eigenvalue weighted by atomic mass is 9.87. The van der Waals surface area contributed by atoms with Crippen LogP contribution in [0.5, 0.6) is 0 Å². The van der Waals surface area contributed by atoms with Crippen molar-refractivity contribution in [3.8, 4) is 0 Å². The average molecular weight is 729 g/mol. The van der Waals surface area contributed by atoms with Gasteiger partial charge < -0.3 is 4.43 Å².